The number of aromatic hydroxyl groups is 1. The maximum atomic E-state index is 12.3. The molecule has 0 saturated heterocycles. The molecule has 4 N–H and O–H groups in total. The SMILES string of the molecule is O=C(C=Cc1ccc(O)cc1)O[C@@H]1C[C@](OCCCc2ccccc2)(C(=O)O)C[C@H](O)[C@H]1O. The van der Waals surface area contributed by atoms with Gasteiger partial charge in [-0.2, -0.15) is 0 Å². The van der Waals surface area contributed by atoms with E-state index >= 15 is 0 Å². The third-order valence-corrected chi connectivity index (χ3v) is 5.64. The number of carboxylic acid groups (broad SMARTS) is 1. The van der Waals surface area contributed by atoms with Gasteiger partial charge in [0.25, 0.3) is 0 Å². The van der Waals surface area contributed by atoms with Gasteiger partial charge in [0.15, 0.2) is 5.60 Å². The molecule has 3 rings (SSSR count). The second-order valence-electron chi connectivity index (χ2n) is 8.10. The fraction of sp³-hybridized carbons (Fsp3) is 0.360. The number of phenols is 1. The van der Waals surface area contributed by atoms with Gasteiger partial charge >= 0.3 is 11.9 Å². The molecule has 0 bridgehead atoms. The van der Waals surface area contributed by atoms with Crippen molar-refractivity contribution in [2.45, 2.75) is 49.6 Å². The topological polar surface area (TPSA) is 134 Å². The Balaban J connectivity index is 1.61. The quantitative estimate of drug-likeness (QED) is 0.257. The summed E-state index contributed by atoms with van der Waals surface area (Å²) in [7, 11) is 0. The summed E-state index contributed by atoms with van der Waals surface area (Å²) in [6.07, 6.45) is -0.868. The first-order chi connectivity index (χ1) is 15.8. The van der Waals surface area contributed by atoms with Gasteiger partial charge in [-0.1, -0.05) is 42.5 Å². The number of phenolic OH excluding ortho intramolecular Hbond substituents is 1. The number of rotatable bonds is 9. The minimum absolute atomic E-state index is 0.0859. The lowest BCUT2D eigenvalue weighted by atomic mass is 9.79. The minimum Gasteiger partial charge on any atom is -0.508 e. The first-order valence-electron chi connectivity index (χ1n) is 10.7. The number of carbonyl (C=O) groups excluding carboxylic acids is 1. The molecule has 33 heavy (non-hydrogen) atoms. The summed E-state index contributed by atoms with van der Waals surface area (Å²) in [5, 5.41) is 39.7. The predicted octanol–water partition coefficient (Wildman–Crippen LogP) is 2.31. The van der Waals surface area contributed by atoms with Crippen LogP contribution in [0.15, 0.2) is 60.7 Å². The summed E-state index contributed by atoms with van der Waals surface area (Å²) in [6.45, 7) is 0.130. The maximum absolute atomic E-state index is 12.3. The van der Waals surface area contributed by atoms with Crippen LogP contribution in [0.4, 0.5) is 0 Å². The van der Waals surface area contributed by atoms with Gasteiger partial charge in [-0.05, 0) is 42.2 Å². The van der Waals surface area contributed by atoms with E-state index < -0.39 is 35.9 Å². The van der Waals surface area contributed by atoms with Crippen LogP contribution in [0.2, 0.25) is 0 Å². The molecule has 8 heteroatoms. The lowest BCUT2D eigenvalue weighted by molar-refractivity contribution is -0.207. The van der Waals surface area contributed by atoms with E-state index in [0.29, 0.717) is 18.4 Å². The molecule has 8 nitrogen and oxygen atoms in total. The zero-order valence-electron chi connectivity index (χ0n) is 18.0. The minimum atomic E-state index is -1.78. The summed E-state index contributed by atoms with van der Waals surface area (Å²) in [6, 6.07) is 15.8. The van der Waals surface area contributed by atoms with E-state index in [1.54, 1.807) is 12.1 Å². The zero-order chi connectivity index (χ0) is 23.8. The van der Waals surface area contributed by atoms with Crippen molar-refractivity contribution >= 4 is 18.0 Å². The van der Waals surface area contributed by atoms with Crippen LogP contribution >= 0.6 is 0 Å². The van der Waals surface area contributed by atoms with Crippen LogP contribution in [0.5, 0.6) is 5.75 Å². The van der Waals surface area contributed by atoms with Gasteiger partial charge in [-0.25, -0.2) is 9.59 Å². The number of esters is 1. The Morgan fingerprint density at radius 2 is 1.73 bits per heavy atom. The predicted molar refractivity (Wildman–Crippen MR) is 119 cm³/mol. The van der Waals surface area contributed by atoms with Crippen molar-refractivity contribution in [2.75, 3.05) is 6.61 Å². The molecule has 2 aromatic carbocycles. The highest BCUT2D eigenvalue weighted by molar-refractivity contribution is 5.87. The molecule has 0 spiro atoms. The number of aliphatic hydroxyl groups excluding tert-OH is 2. The van der Waals surface area contributed by atoms with Crippen LogP contribution in [0, 0.1) is 0 Å². The van der Waals surface area contributed by atoms with Gasteiger partial charge < -0.3 is 29.9 Å². The summed E-state index contributed by atoms with van der Waals surface area (Å²) < 4.78 is 11.0. The first-order valence-corrected chi connectivity index (χ1v) is 10.7. The Kier molecular flexibility index (Phi) is 8.21. The molecule has 0 heterocycles. The van der Waals surface area contributed by atoms with Crippen LogP contribution in [-0.4, -0.2) is 62.9 Å². The van der Waals surface area contributed by atoms with Gasteiger partial charge in [-0.3, -0.25) is 0 Å². The van der Waals surface area contributed by atoms with Gasteiger partial charge in [0, 0.05) is 25.5 Å². The van der Waals surface area contributed by atoms with E-state index in [1.807, 2.05) is 30.3 Å². The standard InChI is InChI=1S/C25H28O8/c26-19-11-8-18(9-12-19)10-13-22(28)33-21-16-25(24(30)31,15-20(27)23(21)29)32-14-4-7-17-5-2-1-3-6-17/h1-3,5-6,8-13,20-21,23,26-27,29H,4,7,14-16H2,(H,30,31)/t20-,21+,23+,25-/m0/s1. The van der Waals surface area contributed by atoms with Crippen molar-refractivity contribution in [2.24, 2.45) is 0 Å². The monoisotopic (exact) mass is 456 g/mol. The van der Waals surface area contributed by atoms with Gasteiger partial charge in [0.1, 0.15) is 18.0 Å². The number of hydrogen-bond donors (Lipinski definition) is 4. The Morgan fingerprint density at radius 3 is 2.39 bits per heavy atom. The molecule has 1 saturated carbocycles. The number of hydrogen-bond acceptors (Lipinski definition) is 7. The summed E-state index contributed by atoms with van der Waals surface area (Å²) >= 11 is 0. The maximum Gasteiger partial charge on any atom is 0.336 e. The summed E-state index contributed by atoms with van der Waals surface area (Å²) in [5.41, 5.74) is -0.0478. The second kappa shape index (κ2) is 11.1. The number of benzene rings is 2. The average Bonchev–Trinajstić information content (AvgIpc) is 2.80. The lowest BCUT2D eigenvalue weighted by Gasteiger charge is -2.41. The number of aryl methyl sites for hydroxylation is 1. The van der Waals surface area contributed by atoms with E-state index in [2.05, 4.69) is 0 Å². The van der Waals surface area contributed by atoms with Gasteiger partial charge in [0.2, 0.25) is 0 Å². The van der Waals surface area contributed by atoms with E-state index in [4.69, 9.17) is 9.47 Å². The molecule has 0 aromatic heterocycles. The third kappa shape index (κ3) is 6.64. The Hall–Kier alpha value is -3.20. The third-order valence-electron chi connectivity index (χ3n) is 5.64. The highest BCUT2D eigenvalue weighted by Gasteiger charge is 2.52. The van der Waals surface area contributed by atoms with E-state index in [0.717, 1.165) is 11.6 Å². The zero-order valence-corrected chi connectivity index (χ0v) is 18.0. The summed E-state index contributed by atoms with van der Waals surface area (Å²) in [4.78, 5) is 24.3. The summed E-state index contributed by atoms with van der Waals surface area (Å²) in [5.74, 6) is -2.00. The van der Waals surface area contributed by atoms with E-state index in [-0.39, 0.29) is 25.2 Å². The number of aliphatic carboxylic acids is 1. The van der Waals surface area contributed by atoms with Crippen LogP contribution in [-0.2, 0) is 25.5 Å². The van der Waals surface area contributed by atoms with E-state index in [9.17, 15) is 30.0 Å². The molecular formula is C25H28O8. The second-order valence-corrected chi connectivity index (χ2v) is 8.10. The molecule has 1 aliphatic rings. The molecule has 2 aromatic rings. The highest BCUT2D eigenvalue weighted by atomic mass is 16.6. The van der Waals surface area contributed by atoms with Crippen molar-refractivity contribution < 1.29 is 39.5 Å². The number of carboxylic acids is 1. The fourth-order valence-electron chi connectivity index (χ4n) is 3.83. The Labute approximate surface area is 191 Å². The van der Waals surface area contributed by atoms with E-state index in [1.165, 1.54) is 18.2 Å². The number of aliphatic hydroxyl groups is 2. The van der Waals surface area contributed by atoms with Crippen molar-refractivity contribution in [3.05, 3.63) is 71.8 Å². The van der Waals surface area contributed by atoms with Crippen LogP contribution in [0.1, 0.15) is 30.4 Å². The molecule has 0 aliphatic heterocycles. The Morgan fingerprint density at radius 1 is 1.03 bits per heavy atom. The van der Waals surface area contributed by atoms with Gasteiger partial charge in [0.05, 0.1) is 6.10 Å². The molecule has 4 atom stereocenters. The van der Waals surface area contributed by atoms with Crippen molar-refractivity contribution in [1.29, 1.82) is 0 Å². The molecule has 1 aliphatic carbocycles. The van der Waals surface area contributed by atoms with Crippen LogP contribution < -0.4 is 0 Å². The normalized spacial score (nSPS) is 25.1. The number of carbonyl (C=O) groups is 2. The van der Waals surface area contributed by atoms with Crippen molar-refractivity contribution in [1.82, 2.24) is 0 Å². The van der Waals surface area contributed by atoms with Gasteiger partial charge in [-0.15, -0.1) is 0 Å². The van der Waals surface area contributed by atoms with Crippen LogP contribution in [0.25, 0.3) is 6.08 Å². The average molecular weight is 456 g/mol. The molecule has 0 radical (unpaired) electrons. The number of ether oxygens (including phenoxy) is 2. The lowest BCUT2D eigenvalue weighted by Crippen LogP contribution is -2.58. The largest absolute Gasteiger partial charge is 0.508 e. The first kappa shape index (κ1) is 24.4. The fourth-order valence-corrected chi connectivity index (χ4v) is 3.83. The molecule has 176 valence electrons. The molecule has 0 unspecified atom stereocenters. The van der Waals surface area contributed by atoms with Crippen LogP contribution in [0.3, 0.4) is 0 Å². The molecule has 1 fully saturated rings. The van der Waals surface area contributed by atoms with Crippen molar-refractivity contribution in [3.8, 4) is 5.75 Å². The smallest absolute Gasteiger partial charge is 0.336 e. The molecule has 0 amide bonds. The van der Waals surface area contributed by atoms with Crippen molar-refractivity contribution in [3.63, 3.8) is 0 Å². The molecular weight excluding hydrogens is 428 g/mol. The highest BCUT2D eigenvalue weighted by Crippen LogP contribution is 2.35. The Bertz CT molecular complexity index is 956.